The zero-order chi connectivity index (χ0) is 14.6. The van der Waals surface area contributed by atoms with Gasteiger partial charge in [-0.2, -0.15) is 0 Å². The number of benzene rings is 1. The van der Waals surface area contributed by atoms with Gasteiger partial charge >= 0.3 is 0 Å². The van der Waals surface area contributed by atoms with Gasteiger partial charge in [-0.25, -0.2) is 0 Å². The van der Waals surface area contributed by atoms with E-state index in [1.807, 2.05) is 30.3 Å². The molecule has 1 aromatic carbocycles. The van der Waals surface area contributed by atoms with Gasteiger partial charge in [0.05, 0.1) is 12.1 Å². The Labute approximate surface area is 122 Å². The molecule has 0 saturated carbocycles. The summed E-state index contributed by atoms with van der Waals surface area (Å²) in [6.07, 6.45) is 3.69. The fourth-order valence-corrected chi connectivity index (χ4v) is 3.01. The second-order valence-corrected chi connectivity index (χ2v) is 6.62. The average Bonchev–Trinajstić information content (AvgIpc) is 2.50. The number of hydrogen-bond donors (Lipinski definition) is 2. The van der Waals surface area contributed by atoms with Crippen molar-refractivity contribution in [3.05, 3.63) is 35.9 Å². The molecule has 1 aliphatic heterocycles. The monoisotopic (exact) mass is 276 g/mol. The molecule has 112 valence electrons. The van der Waals surface area contributed by atoms with E-state index < -0.39 is 5.54 Å². The van der Waals surface area contributed by atoms with E-state index in [1.54, 1.807) is 0 Å². The first-order chi connectivity index (χ1) is 9.51. The molecule has 20 heavy (non-hydrogen) atoms. The van der Waals surface area contributed by atoms with Crippen LogP contribution in [-0.4, -0.2) is 36.2 Å². The maximum absolute atomic E-state index is 9.77. The number of nitrogens with two attached hydrogens (primary N) is 1. The van der Waals surface area contributed by atoms with Gasteiger partial charge in [0, 0.05) is 6.54 Å². The highest BCUT2D eigenvalue weighted by Gasteiger charge is 2.33. The van der Waals surface area contributed by atoms with Crippen LogP contribution in [0.1, 0.15) is 38.7 Å². The zero-order valence-corrected chi connectivity index (χ0v) is 12.8. The molecular weight excluding hydrogens is 248 g/mol. The number of aliphatic hydroxyl groups excluding tert-OH is 1. The van der Waals surface area contributed by atoms with Crippen LogP contribution in [-0.2, 0) is 5.54 Å². The van der Waals surface area contributed by atoms with Gasteiger partial charge in [0.15, 0.2) is 0 Å². The summed E-state index contributed by atoms with van der Waals surface area (Å²) in [7, 11) is 0. The van der Waals surface area contributed by atoms with Crippen LogP contribution in [0.3, 0.4) is 0 Å². The highest BCUT2D eigenvalue weighted by atomic mass is 16.3. The minimum absolute atomic E-state index is 0.0153. The lowest BCUT2D eigenvalue weighted by Gasteiger charge is -2.42. The van der Waals surface area contributed by atoms with Crippen molar-refractivity contribution >= 4 is 0 Å². The molecule has 0 aliphatic carbocycles. The van der Waals surface area contributed by atoms with Crippen molar-refractivity contribution in [2.75, 3.05) is 26.2 Å². The number of nitrogens with zero attached hydrogens (tertiary/aromatic N) is 1. The quantitative estimate of drug-likeness (QED) is 0.868. The normalized spacial score (nSPS) is 22.4. The molecule has 0 radical (unpaired) electrons. The van der Waals surface area contributed by atoms with Crippen molar-refractivity contribution < 1.29 is 5.11 Å². The summed E-state index contributed by atoms with van der Waals surface area (Å²) in [5.74, 6) is 0. The van der Waals surface area contributed by atoms with E-state index in [2.05, 4.69) is 18.7 Å². The summed E-state index contributed by atoms with van der Waals surface area (Å²) in [5, 5.41) is 9.77. The number of aliphatic hydroxyl groups is 1. The molecule has 1 saturated heterocycles. The number of likely N-dealkylation sites (tertiary alicyclic amines) is 1. The van der Waals surface area contributed by atoms with Crippen LogP contribution in [0.5, 0.6) is 0 Å². The standard InChI is InChI=1S/C17H28N2O/c1-3-16(2)9-11-19(12-10-16)13-17(18,14-20)15-7-5-4-6-8-15/h4-8,20H,3,9-14,18H2,1-2H3. The van der Waals surface area contributed by atoms with E-state index in [0.717, 1.165) is 25.2 Å². The van der Waals surface area contributed by atoms with Crippen molar-refractivity contribution in [1.82, 2.24) is 4.90 Å². The van der Waals surface area contributed by atoms with Crippen LogP contribution < -0.4 is 5.73 Å². The molecule has 3 N–H and O–H groups in total. The Morgan fingerprint density at radius 1 is 1.25 bits per heavy atom. The first-order valence-corrected chi connectivity index (χ1v) is 7.69. The molecule has 1 unspecified atom stereocenters. The molecule has 1 heterocycles. The SMILES string of the molecule is CCC1(C)CCN(CC(N)(CO)c2ccccc2)CC1. The summed E-state index contributed by atoms with van der Waals surface area (Å²) < 4.78 is 0. The molecule has 1 aromatic rings. The topological polar surface area (TPSA) is 49.5 Å². The Bertz CT molecular complexity index is 412. The van der Waals surface area contributed by atoms with Gasteiger partial charge in [0.2, 0.25) is 0 Å². The third kappa shape index (κ3) is 3.40. The average molecular weight is 276 g/mol. The van der Waals surface area contributed by atoms with Crippen molar-refractivity contribution in [3.63, 3.8) is 0 Å². The van der Waals surface area contributed by atoms with Crippen molar-refractivity contribution in [1.29, 1.82) is 0 Å². The molecule has 1 atom stereocenters. The lowest BCUT2D eigenvalue weighted by molar-refractivity contribution is 0.0752. The molecular formula is C17H28N2O. The molecule has 0 amide bonds. The highest BCUT2D eigenvalue weighted by molar-refractivity contribution is 5.24. The van der Waals surface area contributed by atoms with Crippen LogP contribution >= 0.6 is 0 Å². The maximum Gasteiger partial charge on any atom is 0.0772 e. The Balaban J connectivity index is 2.01. The minimum atomic E-state index is -0.652. The van der Waals surface area contributed by atoms with Crippen molar-refractivity contribution in [3.8, 4) is 0 Å². The third-order valence-corrected chi connectivity index (χ3v) is 5.05. The first-order valence-electron chi connectivity index (χ1n) is 7.69. The second kappa shape index (κ2) is 6.25. The molecule has 1 aliphatic rings. The predicted octanol–water partition coefficient (Wildman–Crippen LogP) is 2.34. The minimum Gasteiger partial charge on any atom is -0.394 e. The molecule has 0 bridgehead atoms. The van der Waals surface area contributed by atoms with Gasteiger partial charge in [0.25, 0.3) is 0 Å². The second-order valence-electron chi connectivity index (χ2n) is 6.62. The Morgan fingerprint density at radius 2 is 1.85 bits per heavy atom. The number of hydrogen-bond acceptors (Lipinski definition) is 3. The zero-order valence-electron chi connectivity index (χ0n) is 12.8. The lowest BCUT2D eigenvalue weighted by atomic mass is 9.78. The fourth-order valence-electron chi connectivity index (χ4n) is 3.01. The molecule has 2 rings (SSSR count). The maximum atomic E-state index is 9.77. The fraction of sp³-hybridized carbons (Fsp3) is 0.647. The van der Waals surface area contributed by atoms with Crippen molar-refractivity contribution in [2.45, 2.75) is 38.6 Å². The Morgan fingerprint density at radius 3 is 2.35 bits per heavy atom. The van der Waals surface area contributed by atoms with E-state index in [4.69, 9.17) is 5.73 Å². The van der Waals surface area contributed by atoms with Crippen LogP contribution in [0.4, 0.5) is 0 Å². The summed E-state index contributed by atoms with van der Waals surface area (Å²) in [5.41, 5.74) is 7.31. The van der Waals surface area contributed by atoms with Crippen molar-refractivity contribution in [2.24, 2.45) is 11.1 Å². The smallest absolute Gasteiger partial charge is 0.0772 e. The summed E-state index contributed by atoms with van der Waals surface area (Å²) in [6.45, 7) is 7.53. The van der Waals surface area contributed by atoms with Gasteiger partial charge in [-0.1, -0.05) is 50.6 Å². The number of piperidine rings is 1. The van der Waals surface area contributed by atoms with E-state index in [0.29, 0.717) is 5.41 Å². The van der Waals surface area contributed by atoms with Gasteiger partial charge in [-0.05, 0) is 36.9 Å². The molecule has 0 spiro atoms. The van der Waals surface area contributed by atoms with Crippen LogP contribution in [0, 0.1) is 5.41 Å². The molecule has 0 aromatic heterocycles. The highest BCUT2D eigenvalue weighted by Crippen LogP contribution is 2.34. The third-order valence-electron chi connectivity index (χ3n) is 5.05. The van der Waals surface area contributed by atoms with Gasteiger partial charge < -0.3 is 15.7 Å². The van der Waals surface area contributed by atoms with Gasteiger partial charge in [-0.15, -0.1) is 0 Å². The first kappa shape index (κ1) is 15.5. The molecule has 3 nitrogen and oxygen atoms in total. The summed E-state index contributed by atoms with van der Waals surface area (Å²) >= 11 is 0. The Kier molecular flexibility index (Phi) is 4.84. The van der Waals surface area contributed by atoms with Crippen LogP contribution in [0.15, 0.2) is 30.3 Å². The number of rotatable bonds is 5. The lowest BCUT2D eigenvalue weighted by Crippen LogP contribution is -2.52. The van der Waals surface area contributed by atoms with Gasteiger partial charge in [0.1, 0.15) is 0 Å². The van der Waals surface area contributed by atoms with E-state index in [-0.39, 0.29) is 6.61 Å². The van der Waals surface area contributed by atoms with E-state index >= 15 is 0 Å². The molecule has 1 fully saturated rings. The van der Waals surface area contributed by atoms with Gasteiger partial charge in [-0.3, -0.25) is 0 Å². The Hall–Kier alpha value is -0.900. The largest absolute Gasteiger partial charge is 0.394 e. The summed E-state index contributed by atoms with van der Waals surface area (Å²) in [4.78, 5) is 2.40. The van der Waals surface area contributed by atoms with Crippen LogP contribution in [0.25, 0.3) is 0 Å². The predicted molar refractivity (Wildman–Crippen MR) is 83.5 cm³/mol. The summed E-state index contributed by atoms with van der Waals surface area (Å²) in [6, 6.07) is 9.97. The van der Waals surface area contributed by atoms with E-state index in [1.165, 1.54) is 19.3 Å². The molecule has 3 heteroatoms. The van der Waals surface area contributed by atoms with E-state index in [9.17, 15) is 5.11 Å². The van der Waals surface area contributed by atoms with Crippen LogP contribution in [0.2, 0.25) is 0 Å².